The van der Waals surface area contributed by atoms with E-state index in [0.29, 0.717) is 0 Å². The molecule has 0 radical (unpaired) electrons. The van der Waals surface area contributed by atoms with Crippen molar-refractivity contribution in [2.75, 3.05) is 19.0 Å². The van der Waals surface area contributed by atoms with E-state index in [1.807, 2.05) is 0 Å². The normalized spacial score (nSPS) is 10.2. The van der Waals surface area contributed by atoms with Crippen molar-refractivity contribution in [2.45, 2.75) is 6.18 Å². The lowest BCUT2D eigenvalue weighted by molar-refractivity contribution is -0.137. The van der Waals surface area contributed by atoms with E-state index in [-0.39, 0.29) is 12.2 Å². The van der Waals surface area contributed by atoms with Crippen molar-refractivity contribution in [1.82, 2.24) is 0 Å². The van der Waals surface area contributed by atoms with E-state index in [9.17, 15) is 18.0 Å². The summed E-state index contributed by atoms with van der Waals surface area (Å²) in [5.74, 6) is 3.73. The molecule has 0 aliphatic carbocycles. The maximum Gasteiger partial charge on any atom is 0.418 e. The van der Waals surface area contributed by atoms with Gasteiger partial charge in [0, 0.05) is 11.6 Å². The molecule has 1 aromatic carbocycles. The number of hydrogen-bond acceptors (Lipinski definition) is 3. The second kappa shape index (κ2) is 5.96. The predicted molar refractivity (Wildman–Crippen MR) is 59.7 cm³/mol. The van der Waals surface area contributed by atoms with Crippen molar-refractivity contribution >= 4 is 11.7 Å². The molecule has 0 saturated carbocycles. The molecule has 0 atom stereocenters. The lowest BCUT2D eigenvalue weighted by atomic mass is 10.1. The molecule has 0 heterocycles. The van der Waals surface area contributed by atoms with Crippen LogP contribution in [0, 0.1) is 11.8 Å². The average molecular weight is 257 g/mol. The van der Waals surface area contributed by atoms with Gasteiger partial charge in [-0.25, -0.2) is 4.79 Å². The van der Waals surface area contributed by atoms with Crippen molar-refractivity contribution in [1.29, 1.82) is 0 Å². The molecule has 18 heavy (non-hydrogen) atoms. The molecule has 0 fully saturated rings. The highest BCUT2D eigenvalue weighted by atomic mass is 19.4. The predicted octanol–water partition coefficient (Wildman–Crippen LogP) is 2.29. The number of carbonyl (C=O) groups is 1. The van der Waals surface area contributed by atoms with E-state index in [0.717, 1.165) is 6.07 Å². The molecule has 0 bridgehead atoms. The first kappa shape index (κ1) is 13.9. The van der Waals surface area contributed by atoms with Crippen molar-refractivity contribution in [2.24, 2.45) is 0 Å². The van der Waals surface area contributed by atoms with Crippen molar-refractivity contribution < 1.29 is 22.7 Å². The number of anilines is 1. The van der Waals surface area contributed by atoms with Gasteiger partial charge >= 0.3 is 12.1 Å². The van der Waals surface area contributed by atoms with Crippen molar-refractivity contribution in [3.8, 4) is 11.8 Å². The van der Waals surface area contributed by atoms with Gasteiger partial charge in [-0.2, -0.15) is 13.2 Å². The number of para-hydroxylation sites is 1. The molecule has 0 aliphatic heterocycles. The quantitative estimate of drug-likeness (QED) is 0.502. The van der Waals surface area contributed by atoms with E-state index in [1.165, 1.54) is 25.3 Å². The number of rotatable bonds is 2. The summed E-state index contributed by atoms with van der Waals surface area (Å²) in [7, 11) is 1.17. The largest absolute Gasteiger partial charge is 0.459 e. The third-order valence-electron chi connectivity index (χ3n) is 1.98. The van der Waals surface area contributed by atoms with Crippen LogP contribution in [0.2, 0.25) is 0 Å². The van der Waals surface area contributed by atoms with Gasteiger partial charge in [0.25, 0.3) is 0 Å². The minimum atomic E-state index is -4.43. The molecule has 0 aliphatic rings. The lowest BCUT2D eigenvalue weighted by Crippen LogP contribution is -2.11. The van der Waals surface area contributed by atoms with Crippen LogP contribution in [0.3, 0.4) is 0 Å². The van der Waals surface area contributed by atoms with Gasteiger partial charge in [-0.15, -0.1) is 0 Å². The summed E-state index contributed by atoms with van der Waals surface area (Å²) in [6.45, 7) is -0.0812. The third-order valence-corrected chi connectivity index (χ3v) is 1.98. The second-order valence-electron chi connectivity index (χ2n) is 3.19. The number of halogens is 3. The van der Waals surface area contributed by atoms with Gasteiger partial charge in [0.2, 0.25) is 0 Å². The standard InChI is InChI=1S/C12H10F3NO2/c1-18-11(17)7-4-8-16-10-6-3-2-5-9(10)12(13,14)15/h2-3,5-6,16H,8H2,1H3. The Labute approximate surface area is 102 Å². The van der Waals surface area contributed by atoms with Crippen LogP contribution in [0.15, 0.2) is 24.3 Å². The highest BCUT2D eigenvalue weighted by molar-refractivity contribution is 5.88. The van der Waals surface area contributed by atoms with E-state index in [4.69, 9.17) is 0 Å². The minimum Gasteiger partial charge on any atom is -0.459 e. The fourth-order valence-corrected chi connectivity index (χ4v) is 1.19. The Bertz CT molecular complexity index is 486. The molecule has 0 unspecified atom stereocenters. The summed E-state index contributed by atoms with van der Waals surface area (Å²) in [6.07, 6.45) is -4.43. The molecule has 0 amide bonds. The Morgan fingerprint density at radius 1 is 1.39 bits per heavy atom. The minimum absolute atomic E-state index is 0.0795. The van der Waals surface area contributed by atoms with E-state index >= 15 is 0 Å². The first-order chi connectivity index (χ1) is 8.45. The number of methoxy groups -OCH3 is 1. The summed E-state index contributed by atoms with van der Waals surface area (Å²) in [5.41, 5.74) is -0.853. The molecule has 1 N–H and O–H groups in total. The van der Waals surface area contributed by atoms with E-state index < -0.39 is 17.7 Å². The second-order valence-corrected chi connectivity index (χ2v) is 3.19. The Kier molecular flexibility index (Phi) is 4.60. The highest BCUT2D eigenvalue weighted by Gasteiger charge is 2.32. The zero-order chi connectivity index (χ0) is 13.6. The van der Waals surface area contributed by atoms with Gasteiger partial charge < -0.3 is 10.1 Å². The summed E-state index contributed by atoms with van der Waals surface area (Å²) in [5, 5.41) is 2.50. The van der Waals surface area contributed by atoms with Crippen LogP contribution in [-0.4, -0.2) is 19.6 Å². The van der Waals surface area contributed by atoms with Crippen molar-refractivity contribution in [3.63, 3.8) is 0 Å². The zero-order valence-electron chi connectivity index (χ0n) is 9.47. The van der Waals surface area contributed by atoms with Crippen LogP contribution in [0.1, 0.15) is 5.56 Å². The molecule has 96 valence electrons. The molecular weight excluding hydrogens is 247 g/mol. The maximum atomic E-state index is 12.6. The molecule has 0 spiro atoms. The average Bonchev–Trinajstić information content (AvgIpc) is 2.33. The highest BCUT2D eigenvalue weighted by Crippen LogP contribution is 2.34. The number of alkyl halides is 3. The van der Waals surface area contributed by atoms with Crippen LogP contribution < -0.4 is 5.32 Å². The molecule has 1 aromatic rings. The van der Waals surface area contributed by atoms with Crippen LogP contribution in [-0.2, 0) is 15.7 Å². The SMILES string of the molecule is COC(=O)C#CCNc1ccccc1C(F)(F)F. The van der Waals surface area contributed by atoms with Gasteiger partial charge in [-0.05, 0) is 12.1 Å². The van der Waals surface area contributed by atoms with Gasteiger partial charge in [-0.1, -0.05) is 18.1 Å². The Hall–Kier alpha value is -2.16. The van der Waals surface area contributed by atoms with Gasteiger partial charge in [0.15, 0.2) is 0 Å². The first-order valence-electron chi connectivity index (χ1n) is 4.92. The van der Waals surface area contributed by atoms with Crippen LogP contribution in [0.5, 0.6) is 0 Å². The van der Waals surface area contributed by atoms with Crippen LogP contribution in [0.4, 0.5) is 18.9 Å². The topological polar surface area (TPSA) is 38.3 Å². The molecule has 0 saturated heterocycles. The zero-order valence-corrected chi connectivity index (χ0v) is 9.47. The number of ether oxygens (including phenoxy) is 1. The van der Waals surface area contributed by atoms with Gasteiger partial charge in [0.1, 0.15) is 0 Å². The van der Waals surface area contributed by atoms with E-state index in [1.54, 1.807) is 0 Å². The molecule has 6 heteroatoms. The Balaban J connectivity index is 2.73. The number of carbonyl (C=O) groups excluding carboxylic acids is 1. The Morgan fingerprint density at radius 2 is 2.06 bits per heavy atom. The molecule has 3 nitrogen and oxygen atoms in total. The fourth-order valence-electron chi connectivity index (χ4n) is 1.19. The molecule has 0 aromatic heterocycles. The maximum absolute atomic E-state index is 12.6. The van der Waals surface area contributed by atoms with Gasteiger partial charge in [-0.3, -0.25) is 0 Å². The van der Waals surface area contributed by atoms with Crippen molar-refractivity contribution in [3.05, 3.63) is 29.8 Å². The summed E-state index contributed by atoms with van der Waals surface area (Å²) in [6, 6.07) is 5.04. The number of esters is 1. The Morgan fingerprint density at radius 3 is 2.67 bits per heavy atom. The van der Waals surface area contributed by atoms with E-state index in [2.05, 4.69) is 21.9 Å². The molecule has 1 rings (SSSR count). The summed E-state index contributed by atoms with van der Waals surface area (Å²) in [4.78, 5) is 10.6. The first-order valence-corrected chi connectivity index (χ1v) is 4.92. The monoisotopic (exact) mass is 257 g/mol. The third kappa shape index (κ3) is 4.01. The number of benzene rings is 1. The lowest BCUT2D eigenvalue weighted by Gasteiger charge is -2.12. The van der Waals surface area contributed by atoms with Crippen LogP contribution in [0.25, 0.3) is 0 Å². The van der Waals surface area contributed by atoms with Gasteiger partial charge in [0.05, 0.1) is 19.2 Å². The summed E-state index contributed by atoms with van der Waals surface area (Å²) < 4.78 is 42.0. The molecular formula is C12H10F3NO2. The van der Waals surface area contributed by atoms with Crippen LogP contribution >= 0.6 is 0 Å². The number of hydrogen-bond donors (Lipinski definition) is 1. The fraction of sp³-hybridized carbons (Fsp3) is 0.250. The summed E-state index contributed by atoms with van der Waals surface area (Å²) >= 11 is 0. The number of nitrogens with one attached hydrogen (secondary N) is 1. The smallest absolute Gasteiger partial charge is 0.418 e.